The summed E-state index contributed by atoms with van der Waals surface area (Å²) >= 11 is 0. The molecule has 2 heterocycles. The number of nitrogens with zero attached hydrogens (tertiary/aromatic N) is 1. The third-order valence-electron chi connectivity index (χ3n) is 4.38. The highest BCUT2D eigenvalue weighted by Crippen LogP contribution is 2.36. The Labute approximate surface area is 159 Å². The summed E-state index contributed by atoms with van der Waals surface area (Å²) in [6, 6.07) is 10.4. The van der Waals surface area contributed by atoms with Gasteiger partial charge >= 0.3 is 0 Å². The molecule has 1 amide bonds. The average Bonchev–Trinajstić information content (AvgIpc) is 2.68. The second kappa shape index (κ2) is 7.26. The molecule has 7 heteroatoms. The van der Waals surface area contributed by atoms with E-state index in [2.05, 4.69) is 10.3 Å². The van der Waals surface area contributed by atoms with Crippen LogP contribution in [0.4, 0.5) is 14.5 Å². The predicted molar refractivity (Wildman–Crippen MR) is 99.7 cm³/mol. The first kappa shape index (κ1) is 17.9. The summed E-state index contributed by atoms with van der Waals surface area (Å²) in [6.45, 7) is 2.94. The minimum Gasteiger partial charge on any atom is -0.486 e. The number of carbonyl (C=O) groups is 1. The van der Waals surface area contributed by atoms with E-state index in [4.69, 9.17) is 9.47 Å². The van der Waals surface area contributed by atoms with Crippen LogP contribution in [0.1, 0.15) is 15.9 Å². The smallest absolute Gasteiger partial charge is 0.261 e. The van der Waals surface area contributed by atoms with Gasteiger partial charge in [0.1, 0.15) is 30.4 Å². The van der Waals surface area contributed by atoms with Gasteiger partial charge in [-0.25, -0.2) is 8.78 Å². The molecule has 0 radical (unpaired) electrons. The number of hydrogen-bond donors (Lipinski definition) is 1. The van der Waals surface area contributed by atoms with E-state index in [0.29, 0.717) is 36.1 Å². The molecule has 1 aliphatic rings. The zero-order valence-corrected chi connectivity index (χ0v) is 15.0. The molecule has 4 rings (SSSR count). The van der Waals surface area contributed by atoms with Crippen molar-refractivity contribution >= 4 is 11.6 Å². The normalized spacial score (nSPS) is 12.5. The first-order valence-electron chi connectivity index (χ1n) is 8.65. The number of ether oxygens (including phenoxy) is 2. The molecule has 1 aromatic heterocycles. The lowest BCUT2D eigenvalue weighted by molar-refractivity contribution is 0.101. The van der Waals surface area contributed by atoms with Crippen molar-refractivity contribution in [3.05, 3.63) is 71.4 Å². The average molecular weight is 382 g/mol. The van der Waals surface area contributed by atoms with E-state index >= 15 is 0 Å². The fraction of sp³-hybridized carbons (Fsp3) is 0.143. The third kappa shape index (κ3) is 3.38. The quantitative estimate of drug-likeness (QED) is 0.731. The minimum atomic E-state index is -0.922. The lowest BCUT2D eigenvalue weighted by Gasteiger charge is -2.20. The number of benzene rings is 2. The topological polar surface area (TPSA) is 60.5 Å². The predicted octanol–water partition coefficient (Wildman–Crippen LogP) is 4.36. The van der Waals surface area contributed by atoms with Gasteiger partial charge in [-0.1, -0.05) is 6.07 Å². The Kier molecular flexibility index (Phi) is 4.65. The van der Waals surface area contributed by atoms with Crippen molar-refractivity contribution in [2.75, 3.05) is 18.5 Å². The van der Waals surface area contributed by atoms with Crippen LogP contribution in [0.25, 0.3) is 11.3 Å². The van der Waals surface area contributed by atoms with Crippen molar-refractivity contribution in [3.8, 4) is 22.8 Å². The number of rotatable bonds is 3. The molecule has 1 N–H and O–H groups in total. The Morgan fingerprint density at radius 2 is 1.71 bits per heavy atom. The first-order chi connectivity index (χ1) is 13.5. The lowest BCUT2D eigenvalue weighted by Crippen LogP contribution is -2.16. The summed E-state index contributed by atoms with van der Waals surface area (Å²) in [7, 11) is 0. The summed E-state index contributed by atoms with van der Waals surface area (Å²) < 4.78 is 38.6. The number of fused-ring (bicyclic) bond motifs is 1. The van der Waals surface area contributed by atoms with E-state index < -0.39 is 23.1 Å². The molecule has 3 aromatic rings. The zero-order chi connectivity index (χ0) is 19.7. The Morgan fingerprint density at radius 3 is 2.36 bits per heavy atom. The molecule has 0 fully saturated rings. The fourth-order valence-electron chi connectivity index (χ4n) is 3.00. The number of hydrogen-bond acceptors (Lipinski definition) is 4. The molecule has 1 aliphatic heterocycles. The van der Waals surface area contributed by atoms with Crippen LogP contribution in [0.15, 0.2) is 48.7 Å². The van der Waals surface area contributed by atoms with E-state index in [1.165, 1.54) is 12.3 Å². The number of carbonyl (C=O) groups excluding carboxylic acids is 1. The zero-order valence-electron chi connectivity index (χ0n) is 15.0. The second-order valence-electron chi connectivity index (χ2n) is 6.29. The van der Waals surface area contributed by atoms with Gasteiger partial charge in [0, 0.05) is 5.56 Å². The molecule has 0 aliphatic carbocycles. The highest BCUT2D eigenvalue weighted by Gasteiger charge is 2.18. The van der Waals surface area contributed by atoms with Crippen molar-refractivity contribution in [1.29, 1.82) is 0 Å². The van der Waals surface area contributed by atoms with Crippen molar-refractivity contribution in [3.63, 3.8) is 0 Å². The van der Waals surface area contributed by atoms with Crippen LogP contribution in [0.3, 0.4) is 0 Å². The Balaban J connectivity index is 1.57. The number of aromatic nitrogens is 1. The van der Waals surface area contributed by atoms with Gasteiger partial charge in [-0.05, 0) is 48.9 Å². The van der Waals surface area contributed by atoms with Crippen LogP contribution >= 0.6 is 0 Å². The van der Waals surface area contributed by atoms with Gasteiger partial charge in [0.15, 0.2) is 11.5 Å². The summed E-state index contributed by atoms with van der Waals surface area (Å²) in [5.74, 6) is -1.37. The van der Waals surface area contributed by atoms with Gasteiger partial charge in [0.2, 0.25) is 0 Å². The highest BCUT2D eigenvalue weighted by atomic mass is 19.1. The molecule has 0 unspecified atom stereocenters. The second-order valence-corrected chi connectivity index (χ2v) is 6.29. The van der Waals surface area contributed by atoms with E-state index in [-0.39, 0.29) is 0 Å². The fourth-order valence-corrected chi connectivity index (χ4v) is 3.00. The SMILES string of the molecule is Cc1cc2c(cc1-c1ccc(NC(=O)c3c(F)cccc3F)cn1)OCCO2. The van der Waals surface area contributed by atoms with E-state index in [1.54, 1.807) is 12.1 Å². The van der Waals surface area contributed by atoms with Gasteiger partial charge < -0.3 is 14.8 Å². The van der Waals surface area contributed by atoms with Crippen molar-refractivity contribution < 1.29 is 23.0 Å². The van der Waals surface area contributed by atoms with E-state index in [0.717, 1.165) is 23.3 Å². The lowest BCUT2D eigenvalue weighted by atomic mass is 10.0. The maximum Gasteiger partial charge on any atom is 0.261 e. The minimum absolute atomic E-state index is 0.326. The van der Waals surface area contributed by atoms with Crippen LogP contribution < -0.4 is 14.8 Å². The standard InChI is InChI=1S/C21H16F2N2O3/c1-12-9-18-19(28-8-7-27-18)10-14(12)17-6-5-13(11-24-17)25-21(26)20-15(22)3-2-4-16(20)23/h2-6,9-11H,7-8H2,1H3,(H,25,26). The van der Waals surface area contributed by atoms with Gasteiger partial charge in [-0.3, -0.25) is 9.78 Å². The number of pyridine rings is 1. The third-order valence-corrected chi connectivity index (χ3v) is 4.38. The van der Waals surface area contributed by atoms with Gasteiger partial charge in [0.05, 0.1) is 17.6 Å². The Hall–Kier alpha value is -3.48. The molecule has 0 bridgehead atoms. The highest BCUT2D eigenvalue weighted by molar-refractivity contribution is 6.04. The maximum atomic E-state index is 13.7. The largest absolute Gasteiger partial charge is 0.486 e. The first-order valence-corrected chi connectivity index (χ1v) is 8.65. The molecule has 0 atom stereocenters. The molecule has 28 heavy (non-hydrogen) atoms. The van der Waals surface area contributed by atoms with Crippen LogP contribution in [-0.4, -0.2) is 24.1 Å². The van der Waals surface area contributed by atoms with E-state index in [1.807, 2.05) is 19.1 Å². The number of aryl methyl sites for hydroxylation is 1. The summed E-state index contributed by atoms with van der Waals surface area (Å²) in [6.07, 6.45) is 1.43. The monoisotopic (exact) mass is 382 g/mol. The number of anilines is 1. The molecule has 0 saturated carbocycles. The van der Waals surface area contributed by atoms with Crippen molar-refractivity contribution in [2.24, 2.45) is 0 Å². The maximum absolute atomic E-state index is 13.7. The number of halogens is 2. The van der Waals surface area contributed by atoms with Crippen molar-refractivity contribution in [2.45, 2.75) is 6.92 Å². The summed E-state index contributed by atoms with van der Waals surface area (Å²) in [5, 5.41) is 2.46. The molecule has 142 valence electrons. The van der Waals surface area contributed by atoms with Crippen LogP contribution in [0.5, 0.6) is 11.5 Å². The molecule has 2 aromatic carbocycles. The van der Waals surface area contributed by atoms with Crippen molar-refractivity contribution in [1.82, 2.24) is 4.98 Å². The Bertz CT molecular complexity index is 1030. The number of amides is 1. The summed E-state index contributed by atoms with van der Waals surface area (Å²) in [4.78, 5) is 16.5. The Morgan fingerprint density at radius 1 is 1.04 bits per heavy atom. The van der Waals surface area contributed by atoms with Crippen LogP contribution in [0, 0.1) is 18.6 Å². The molecule has 5 nitrogen and oxygen atoms in total. The molecular weight excluding hydrogens is 366 g/mol. The molecular formula is C21H16F2N2O3. The molecule has 0 saturated heterocycles. The van der Waals surface area contributed by atoms with Gasteiger partial charge in [0.25, 0.3) is 5.91 Å². The van der Waals surface area contributed by atoms with Gasteiger partial charge in [-0.2, -0.15) is 0 Å². The van der Waals surface area contributed by atoms with Gasteiger partial charge in [-0.15, -0.1) is 0 Å². The summed E-state index contributed by atoms with van der Waals surface area (Å²) in [5.41, 5.74) is 2.19. The molecule has 0 spiro atoms. The van der Waals surface area contributed by atoms with Crippen LogP contribution in [-0.2, 0) is 0 Å². The van der Waals surface area contributed by atoms with E-state index in [9.17, 15) is 13.6 Å². The number of nitrogens with one attached hydrogen (secondary N) is 1. The van der Waals surface area contributed by atoms with Crippen LogP contribution in [0.2, 0.25) is 0 Å².